The number of benzene rings is 3. The van der Waals surface area contributed by atoms with Crippen molar-refractivity contribution in [1.82, 2.24) is 0 Å². The van der Waals surface area contributed by atoms with E-state index in [4.69, 9.17) is 11.6 Å². The van der Waals surface area contributed by atoms with Crippen molar-refractivity contribution in [3.05, 3.63) is 97.5 Å². The molecule has 170 valence electrons. The first-order chi connectivity index (χ1) is 15.6. The molecular formula is C20H16ClN5O6S. The summed E-state index contributed by atoms with van der Waals surface area (Å²) in [7, 11) is -4.12. The standard InChI is InChI=1S/C20H16ClN5O6S/c1-13(14-5-7-17(8-6-14)25(27)28)22-23-19-10-9-18(12-20(19)26(29)30)33(31,32)24-16-4-2-3-15(21)11-16/h2-12,23-24H,1H3. The third-order valence-corrected chi connectivity index (χ3v) is 6.01. The van der Waals surface area contributed by atoms with Crippen molar-refractivity contribution in [3.63, 3.8) is 0 Å². The van der Waals surface area contributed by atoms with Crippen molar-refractivity contribution in [1.29, 1.82) is 0 Å². The van der Waals surface area contributed by atoms with Crippen molar-refractivity contribution in [2.45, 2.75) is 11.8 Å². The molecule has 0 aliphatic carbocycles. The summed E-state index contributed by atoms with van der Waals surface area (Å²) in [6, 6.07) is 14.9. The zero-order valence-corrected chi connectivity index (χ0v) is 18.5. The van der Waals surface area contributed by atoms with E-state index in [2.05, 4.69) is 15.2 Å². The summed E-state index contributed by atoms with van der Waals surface area (Å²) in [6.45, 7) is 1.60. The minimum absolute atomic E-state index is 0.0389. The molecule has 0 atom stereocenters. The Morgan fingerprint density at radius 1 is 0.970 bits per heavy atom. The van der Waals surface area contributed by atoms with Crippen molar-refractivity contribution in [2.24, 2.45) is 5.10 Å². The first-order valence-corrected chi connectivity index (χ1v) is 11.0. The first-order valence-electron chi connectivity index (χ1n) is 9.19. The third kappa shape index (κ3) is 5.81. The Kier molecular flexibility index (Phi) is 6.89. The Morgan fingerprint density at radius 3 is 2.27 bits per heavy atom. The molecule has 0 aliphatic rings. The van der Waals surface area contributed by atoms with Gasteiger partial charge in [0.1, 0.15) is 5.69 Å². The second-order valence-electron chi connectivity index (χ2n) is 6.66. The Labute approximate surface area is 193 Å². The van der Waals surface area contributed by atoms with E-state index in [1.54, 1.807) is 19.1 Å². The van der Waals surface area contributed by atoms with E-state index in [1.165, 1.54) is 48.5 Å². The average molecular weight is 490 g/mol. The van der Waals surface area contributed by atoms with Crippen molar-refractivity contribution in [2.75, 3.05) is 10.1 Å². The predicted octanol–water partition coefficient (Wildman–Crippen LogP) is 4.79. The lowest BCUT2D eigenvalue weighted by Crippen LogP contribution is -2.13. The maximum absolute atomic E-state index is 12.7. The normalized spacial score (nSPS) is 11.6. The van der Waals surface area contributed by atoms with Gasteiger partial charge < -0.3 is 0 Å². The minimum atomic E-state index is -4.12. The molecule has 3 rings (SSSR count). The van der Waals surface area contributed by atoms with Crippen molar-refractivity contribution < 1.29 is 18.3 Å². The second-order valence-corrected chi connectivity index (χ2v) is 8.78. The van der Waals surface area contributed by atoms with Crippen LogP contribution in [0.25, 0.3) is 0 Å². The molecule has 0 saturated carbocycles. The van der Waals surface area contributed by atoms with Gasteiger partial charge in [-0.05, 0) is 55.0 Å². The van der Waals surface area contributed by atoms with Gasteiger partial charge in [-0.25, -0.2) is 8.42 Å². The first kappa shape index (κ1) is 23.6. The summed E-state index contributed by atoms with van der Waals surface area (Å²) < 4.78 is 27.6. The molecule has 13 heteroatoms. The minimum Gasteiger partial charge on any atom is -0.280 e. The zero-order valence-electron chi connectivity index (χ0n) is 16.9. The van der Waals surface area contributed by atoms with Crippen LogP contribution in [0.3, 0.4) is 0 Å². The van der Waals surface area contributed by atoms with Gasteiger partial charge in [-0.2, -0.15) is 5.10 Å². The summed E-state index contributed by atoms with van der Waals surface area (Å²) in [5.41, 5.74) is 3.07. The van der Waals surface area contributed by atoms with Gasteiger partial charge in [-0.1, -0.05) is 17.7 Å². The number of rotatable bonds is 8. The topological polar surface area (TPSA) is 157 Å². The summed E-state index contributed by atoms with van der Waals surface area (Å²) in [5, 5.41) is 26.7. The monoisotopic (exact) mass is 489 g/mol. The Balaban J connectivity index is 1.86. The fourth-order valence-corrected chi connectivity index (χ4v) is 3.98. The van der Waals surface area contributed by atoms with E-state index in [1.807, 2.05) is 0 Å². The van der Waals surface area contributed by atoms with Gasteiger partial charge in [0.05, 0.1) is 26.1 Å². The van der Waals surface area contributed by atoms with E-state index in [0.29, 0.717) is 16.3 Å². The molecule has 2 N–H and O–H groups in total. The van der Waals surface area contributed by atoms with Gasteiger partial charge in [0.15, 0.2) is 0 Å². The maximum Gasteiger partial charge on any atom is 0.295 e. The average Bonchev–Trinajstić information content (AvgIpc) is 2.77. The highest BCUT2D eigenvalue weighted by Crippen LogP contribution is 2.29. The van der Waals surface area contributed by atoms with Crippen molar-refractivity contribution in [3.8, 4) is 0 Å². The van der Waals surface area contributed by atoms with Crippen LogP contribution in [-0.2, 0) is 10.0 Å². The lowest BCUT2D eigenvalue weighted by molar-refractivity contribution is -0.384. The van der Waals surface area contributed by atoms with Gasteiger partial charge in [0.2, 0.25) is 0 Å². The largest absolute Gasteiger partial charge is 0.295 e. The summed E-state index contributed by atoms with van der Waals surface area (Å²) in [5.74, 6) is 0. The Morgan fingerprint density at radius 2 is 1.67 bits per heavy atom. The lowest BCUT2D eigenvalue weighted by atomic mass is 10.1. The molecular weight excluding hydrogens is 474 g/mol. The second kappa shape index (κ2) is 9.63. The molecule has 0 bridgehead atoms. The molecule has 0 saturated heterocycles. The number of nitrogens with zero attached hydrogens (tertiary/aromatic N) is 3. The predicted molar refractivity (Wildman–Crippen MR) is 124 cm³/mol. The number of sulfonamides is 1. The van der Waals surface area contributed by atoms with Crippen LogP contribution >= 0.6 is 11.6 Å². The van der Waals surface area contributed by atoms with Crippen LogP contribution in [0.4, 0.5) is 22.7 Å². The van der Waals surface area contributed by atoms with Gasteiger partial charge in [-0.3, -0.25) is 30.4 Å². The Bertz CT molecular complexity index is 1360. The summed E-state index contributed by atoms with van der Waals surface area (Å²) in [4.78, 5) is 20.7. The Hall–Kier alpha value is -4.03. The molecule has 0 unspecified atom stereocenters. The fraction of sp³-hybridized carbons (Fsp3) is 0.0500. The third-order valence-electron chi connectivity index (χ3n) is 4.39. The summed E-state index contributed by atoms with van der Waals surface area (Å²) in [6.07, 6.45) is 0. The van der Waals surface area contributed by atoms with E-state index in [-0.39, 0.29) is 22.0 Å². The van der Waals surface area contributed by atoms with E-state index >= 15 is 0 Å². The molecule has 0 amide bonds. The molecule has 3 aromatic carbocycles. The highest BCUT2D eigenvalue weighted by atomic mass is 35.5. The number of hydrogen-bond donors (Lipinski definition) is 2. The van der Waals surface area contributed by atoms with Crippen LogP contribution in [0.2, 0.25) is 5.02 Å². The highest BCUT2D eigenvalue weighted by molar-refractivity contribution is 7.92. The molecule has 11 nitrogen and oxygen atoms in total. The van der Waals surface area contributed by atoms with Crippen LogP contribution in [0, 0.1) is 20.2 Å². The van der Waals surface area contributed by atoms with Crippen LogP contribution < -0.4 is 10.1 Å². The molecule has 0 fully saturated rings. The fourth-order valence-electron chi connectivity index (χ4n) is 2.72. The molecule has 0 aliphatic heterocycles. The van der Waals surface area contributed by atoms with E-state index in [9.17, 15) is 28.6 Å². The molecule has 3 aromatic rings. The lowest BCUT2D eigenvalue weighted by Gasteiger charge is -2.10. The number of anilines is 2. The quantitative estimate of drug-likeness (QED) is 0.261. The van der Waals surface area contributed by atoms with E-state index < -0.39 is 25.6 Å². The molecule has 33 heavy (non-hydrogen) atoms. The van der Waals surface area contributed by atoms with Crippen LogP contribution in [-0.4, -0.2) is 24.0 Å². The number of hydrogen-bond acceptors (Lipinski definition) is 8. The SMILES string of the molecule is CC(=NNc1ccc(S(=O)(=O)Nc2cccc(Cl)c2)cc1[N+](=O)[O-])c1ccc([N+](=O)[O-])cc1. The van der Waals surface area contributed by atoms with Crippen LogP contribution in [0.15, 0.2) is 76.7 Å². The molecule has 0 aromatic heterocycles. The molecule has 0 spiro atoms. The van der Waals surface area contributed by atoms with E-state index in [0.717, 1.165) is 6.07 Å². The van der Waals surface area contributed by atoms with Gasteiger partial charge in [0, 0.05) is 23.2 Å². The number of nitro benzene ring substituents is 2. The van der Waals surface area contributed by atoms with Gasteiger partial charge in [0.25, 0.3) is 21.4 Å². The molecule has 0 radical (unpaired) electrons. The zero-order chi connectivity index (χ0) is 24.2. The highest BCUT2D eigenvalue weighted by Gasteiger charge is 2.22. The number of hydrazone groups is 1. The van der Waals surface area contributed by atoms with Crippen molar-refractivity contribution >= 4 is 50.1 Å². The van der Waals surface area contributed by atoms with Crippen LogP contribution in [0.1, 0.15) is 12.5 Å². The summed E-state index contributed by atoms with van der Waals surface area (Å²) >= 11 is 5.86. The van der Waals surface area contributed by atoms with Gasteiger partial charge in [-0.15, -0.1) is 0 Å². The number of halogens is 1. The smallest absolute Gasteiger partial charge is 0.280 e. The number of non-ortho nitro benzene ring substituents is 1. The number of nitrogens with one attached hydrogen (secondary N) is 2. The maximum atomic E-state index is 12.7. The number of nitro groups is 2. The van der Waals surface area contributed by atoms with Crippen LogP contribution in [0.5, 0.6) is 0 Å². The molecule has 0 heterocycles. The van der Waals surface area contributed by atoms with Gasteiger partial charge >= 0.3 is 0 Å².